The van der Waals surface area contributed by atoms with Gasteiger partial charge < -0.3 is 14.6 Å². The Morgan fingerprint density at radius 2 is 2.19 bits per heavy atom. The fourth-order valence-corrected chi connectivity index (χ4v) is 6.91. The van der Waals surface area contributed by atoms with Crippen molar-refractivity contribution in [2.45, 2.75) is 64.3 Å². The number of thioether (sulfide) groups is 1. The van der Waals surface area contributed by atoms with Crippen LogP contribution in [0.4, 0.5) is 5.00 Å². The summed E-state index contributed by atoms with van der Waals surface area (Å²) in [6.45, 7) is 6.67. The quantitative estimate of drug-likeness (QED) is 0.284. The molecular weight excluding hydrogens is 537 g/mol. The molecule has 0 fully saturated rings. The molecule has 0 radical (unpaired) electrons. The lowest BCUT2D eigenvalue weighted by Crippen LogP contribution is -2.15. The van der Waals surface area contributed by atoms with Gasteiger partial charge in [0.1, 0.15) is 16.8 Å². The molecule has 0 saturated carbocycles. The lowest BCUT2D eigenvalue weighted by molar-refractivity contribution is -0.113. The molecule has 7 nitrogen and oxygen atoms in total. The van der Waals surface area contributed by atoms with Crippen LogP contribution in [0.3, 0.4) is 0 Å². The van der Waals surface area contributed by atoms with Gasteiger partial charge in [-0.25, -0.2) is 0 Å². The average Bonchev–Trinajstić information content (AvgIpc) is 3.43. The number of nitrogens with one attached hydrogen (secondary N) is 1. The number of nitrogens with zero attached hydrogens (tertiary/aromatic N) is 4. The summed E-state index contributed by atoms with van der Waals surface area (Å²) in [5.74, 6) is 1.77. The minimum atomic E-state index is -0.415. The van der Waals surface area contributed by atoms with Crippen molar-refractivity contribution >= 4 is 57.2 Å². The lowest BCUT2D eigenvalue weighted by Gasteiger charge is -2.20. The number of carbonyl (C=O) groups excluding carboxylic acids is 1. The van der Waals surface area contributed by atoms with E-state index >= 15 is 0 Å². The highest BCUT2D eigenvalue weighted by molar-refractivity contribution is 7.99. The van der Waals surface area contributed by atoms with Crippen molar-refractivity contribution in [1.82, 2.24) is 14.8 Å². The zero-order chi connectivity index (χ0) is 25.8. The minimum Gasteiger partial charge on any atom is -0.481 e. The van der Waals surface area contributed by atoms with E-state index in [2.05, 4.69) is 28.5 Å². The Morgan fingerprint density at radius 3 is 2.89 bits per heavy atom. The van der Waals surface area contributed by atoms with E-state index in [1.54, 1.807) is 29.5 Å². The Balaban J connectivity index is 1.41. The number of thiophene rings is 1. The fourth-order valence-electron chi connectivity index (χ4n) is 4.32. The molecule has 2 unspecified atom stereocenters. The zero-order valence-corrected chi connectivity index (χ0v) is 23.5. The van der Waals surface area contributed by atoms with E-state index in [1.165, 1.54) is 16.6 Å². The predicted molar refractivity (Wildman–Crippen MR) is 145 cm³/mol. The third-order valence-electron chi connectivity index (χ3n) is 6.26. The van der Waals surface area contributed by atoms with Crippen molar-refractivity contribution in [2.75, 3.05) is 11.1 Å². The Hall–Kier alpha value is -2.25. The van der Waals surface area contributed by atoms with E-state index in [0.29, 0.717) is 49.8 Å². The van der Waals surface area contributed by atoms with Crippen LogP contribution in [0.1, 0.15) is 61.5 Å². The number of anilines is 1. The van der Waals surface area contributed by atoms with Gasteiger partial charge in [0, 0.05) is 16.4 Å². The molecule has 0 saturated heterocycles. The van der Waals surface area contributed by atoms with Crippen LogP contribution in [-0.2, 0) is 24.2 Å². The molecule has 1 aromatic carbocycles. The van der Waals surface area contributed by atoms with Crippen molar-refractivity contribution in [3.63, 3.8) is 0 Å². The second-order valence-electron chi connectivity index (χ2n) is 8.59. The summed E-state index contributed by atoms with van der Waals surface area (Å²) in [7, 11) is 0. The summed E-state index contributed by atoms with van der Waals surface area (Å²) >= 11 is 15.1. The molecule has 2 aromatic heterocycles. The van der Waals surface area contributed by atoms with Gasteiger partial charge in [0.15, 0.2) is 17.1 Å². The number of fused-ring (bicyclic) bond motifs is 1. The third-order valence-corrected chi connectivity index (χ3v) is 8.93. The number of nitriles is 1. The van der Waals surface area contributed by atoms with E-state index in [0.717, 1.165) is 31.2 Å². The van der Waals surface area contributed by atoms with Gasteiger partial charge in [0.25, 0.3) is 0 Å². The molecule has 1 amide bonds. The monoisotopic (exact) mass is 563 g/mol. The SMILES string of the molecule is CCC1CCc2c(sc(NC(=O)CSc3nnc(C(C)Oc4ccc(Cl)cc4Cl)n3CC)c2C#N)C1. The Kier molecular flexibility index (Phi) is 8.83. The van der Waals surface area contributed by atoms with Crippen molar-refractivity contribution < 1.29 is 9.53 Å². The maximum absolute atomic E-state index is 12.8. The van der Waals surface area contributed by atoms with Gasteiger partial charge in [-0.05, 0) is 62.8 Å². The zero-order valence-electron chi connectivity index (χ0n) is 20.3. The third kappa shape index (κ3) is 5.83. The van der Waals surface area contributed by atoms with E-state index in [-0.39, 0.29) is 11.7 Å². The van der Waals surface area contributed by atoms with Crippen LogP contribution < -0.4 is 10.1 Å². The number of hydrogen-bond acceptors (Lipinski definition) is 7. The Labute approximate surface area is 229 Å². The molecule has 0 bridgehead atoms. The van der Waals surface area contributed by atoms with Crippen molar-refractivity contribution in [1.29, 1.82) is 5.26 Å². The second-order valence-corrected chi connectivity index (χ2v) is 11.5. The molecule has 4 rings (SSSR count). The summed E-state index contributed by atoms with van der Waals surface area (Å²) < 4.78 is 7.91. The maximum atomic E-state index is 12.8. The molecule has 11 heteroatoms. The van der Waals surface area contributed by atoms with Gasteiger partial charge >= 0.3 is 0 Å². The van der Waals surface area contributed by atoms with Gasteiger partial charge in [-0.2, -0.15) is 5.26 Å². The molecule has 0 aliphatic heterocycles. The minimum absolute atomic E-state index is 0.154. The number of benzene rings is 1. The van der Waals surface area contributed by atoms with Gasteiger partial charge in [0.2, 0.25) is 5.91 Å². The van der Waals surface area contributed by atoms with Crippen molar-refractivity contribution in [3.8, 4) is 11.8 Å². The number of rotatable bonds is 9. The molecule has 1 aliphatic carbocycles. The lowest BCUT2D eigenvalue weighted by atomic mass is 9.86. The van der Waals surface area contributed by atoms with Gasteiger partial charge in [-0.15, -0.1) is 21.5 Å². The van der Waals surface area contributed by atoms with Crippen molar-refractivity contribution in [2.24, 2.45) is 5.92 Å². The maximum Gasteiger partial charge on any atom is 0.235 e. The predicted octanol–water partition coefficient (Wildman–Crippen LogP) is 6.92. The van der Waals surface area contributed by atoms with Gasteiger partial charge in [-0.1, -0.05) is 48.3 Å². The van der Waals surface area contributed by atoms with Gasteiger partial charge in [0.05, 0.1) is 16.3 Å². The standard InChI is InChI=1S/C25H27Cl2N5O2S2/c1-4-15-6-8-17-18(12-28)24(36-21(17)10-15)29-22(33)13-35-25-31-30-23(32(25)5-2)14(3)34-20-9-7-16(26)11-19(20)27/h7,9,11,14-15H,4-6,8,10,13H2,1-3H3,(H,29,33). The number of halogens is 2. The van der Waals surface area contributed by atoms with Crippen LogP contribution in [0, 0.1) is 17.2 Å². The second kappa shape index (κ2) is 11.9. The normalized spacial score (nSPS) is 15.7. The highest BCUT2D eigenvalue weighted by Crippen LogP contribution is 2.40. The summed E-state index contributed by atoms with van der Waals surface area (Å²) in [6, 6.07) is 7.36. The molecule has 3 aromatic rings. The number of carbonyl (C=O) groups is 1. The topological polar surface area (TPSA) is 92.8 Å². The van der Waals surface area contributed by atoms with Crippen molar-refractivity contribution in [3.05, 3.63) is 50.1 Å². The highest BCUT2D eigenvalue weighted by Gasteiger charge is 2.26. The summed E-state index contributed by atoms with van der Waals surface area (Å²) in [6.07, 6.45) is 3.71. The largest absolute Gasteiger partial charge is 0.481 e. The molecule has 1 N–H and O–H groups in total. The average molecular weight is 565 g/mol. The first kappa shape index (κ1) is 26.8. The van der Waals surface area contributed by atoms with Crippen LogP contribution in [0.25, 0.3) is 0 Å². The van der Waals surface area contributed by atoms with E-state index in [9.17, 15) is 10.1 Å². The molecular formula is C25H27Cl2N5O2S2. The Bertz CT molecular complexity index is 1300. The molecule has 1 aliphatic rings. The molecule has 0 spiro atoms. The first-order valence-electron chi connectivity index (χ1n) is 11.9. The van der Waals surface area contributed by atoms with E-state index in [1.807, 2.05) is 18.4 Å². The number of amides is 1. The van der Waals surface area contributed by atoms with E-state index in [4.69, 9.17) is 27.9 Å². The van der Waals surface area contributed by atoms with E-state index < -0.39 is 6.10 Å². The number of aromatic nitrogens is 3. The summed E-state index contributed by atoms with van der Waals surface area (Å²) in [5.41, 5.74) is 1.73. The summed E-state index contributed by atoms with van der Waals surface area (Å²) in [5, 5.41) is 23.5. The summed E-state index contributed by atoms with van der Waals surface area (Å²) in [4.78, 5) is 14.0. The fraction of sp³-hybridized carbons (Fsp3) is 0.440. The van der Waals surface area contributed by atoms with Crippen LogP contribution >= 0.6 is 46.3 Å². The van der Waals surface area contributed by atoms with Crippen LogP contribution in [0.5, 0.6) is 5.75 Å². The van der Waals surface area contributed by atoms with Crippen LogP contribution in [0.15, 0.2) is 23.4 Å². The molecule has 190 valence electrons. The highest BCUT2D eigenvalue weighted by atomic mass is 35.5. The molecule has 36 heavy (non-hydrogen) atoms. The molecule has 2 atom stereocenters. The van der Waals surface area contributed by atoms with Gasteiger partial charge in [-0.3, -0.25) is 4.79 Å². The smallest absolute Gasteiger partial charge is 0.235 e. The number of ether oxygens (including phenoxy) is 1. The molecule has 2 heterocycles. The Morgan fingerprint density at radius 1 is 1.39 bits per heavy atom. The number of hydrogen-bond donors (Lipinski definition) is 1. The first-order valence-corrected chi connectivity index (χ1v) is 14.4. The van der Waals surface area contributed by atoms with Crippen LogP contribution in [-0.4, -0.2) is 26.4 Å². The van der Waals surface area contributed by atoms with Crippen LogP contribution in [0.2, 0.25) is 10.0 Å². The first-order chi connectivity index (χ1) is 17.3.